The molecule has 0 aromatic heterocycles. The molecule has 2 atom stereocenters. The molecule has 16 heavy (non-hydrogen) atoms. The molecule has 0 aromatic rings. The van der Waals surface area contributed by atoms with Gasteiger partial charge >= 0.3 is 5.97 Å². The fourth-order valence-electron chi connectivity index (χ4n) is 1.42. The SMILES string of the molecule is O=C[C@H](CC(=O)O)NC(=O)[C@@H]1CCC(=O)N1. The van der Waals surface area contributed by atoms with Gasteiger partial charge in [-0.05, 0) is 6.42 Å². The second-order valence-corrected chi connectivity index (χ2v) is 3.51. The Morgan fingerprint density at radius 1 is 1.62 bits per heavy atom. The molecule has 2 amide bonds. The van der Waals surface area contributed by atoms with E-state index >= 15 is 0 Å². The molecule has 1 heterocycles. The number of aldehydes is 1. The maximum Gasteiger partial charge on any atom is 0.305 e. The van der Waals surface area contributed by atoms with Gasteiger partial charge in [-0.15, -0.1) is 0 Å². The van der Waals surface area contributed by atoms with E-state index in [0.29, 0.717) is 12.7 Å². The summed E-state index contributed by atoms with van der Waals surface area (Å²) in [5, 5.41) is 13.1. The molecule has 88 valence electrons. The van der Waals surface area contributed by atoms with Crippen LogP contribution in [0.25, 0.3) is 0 Å². The van der Waals surface area contributed by atoms with Crippen LogP contribution in [-0.4, -0.2) is 41.3 Å². The summed E-state index contributed by atoms with van der Waals surface area (Å²) >= 11 is 0. The third kappa shape index (κ3) is 3.34. The normalized spacial score (nSPS) is 21.0. The Balaban J connectivity index is 2.45. The molecule has 0 radical (unpaired) electrons. The molecule has 0 bridgehead atoms. The van der Waals surface area contributed by atoms with Gasteiger partial charge in [-0.2, -0.15) is 0 Å². The molecule has 1 rings (SSSR count). The Labute approximate surface area is 91.2 Å². The Bertz CT molecular complexity index is 328. The van der Waals surface area contributed by atoms with Crippen LogP contribution in [-0.2, 0) is 19.2 Å². The number of carboxylic acid groups (broad SMARTS) is 1. The van der Waals surface area contributed by atoms with Crippen molar-refractivity contribution in [3.05, 3.63) is 0 Å². The maximum atomic E-state index is 11.5. The number of hydrogen-bond acceptors (Lipinski definition) is 4. The molecule has 7 nitrogen and oxygen atoms in total. The zero-order valence-electron chi connectivity index (χ0n) is 8.43. The number of carboxylic acids is 1. The molecule has 0 aromatic carbocycles. The lowest BCUT2D eigenvalue weighted by Crippen LogP contribution is -2.47. The van der Waals surface area contributed by atoms with Crippen LogP contribution in [0.2, 0.25) is 0 Å². The Morgan fingerprint density at radius 2 is 2.31 bits per heavy atom. The van der Waals surface area contributed by atoms with Gasteiger partial charge in [0.1, 0.15) is 12.3 Å². The first-order chi connectivity index (χ1) is 7.52. The van der Waals surface area contributed by atoms with Crippen molar-refractivity contribution in [3.8, 4) is 0 Å². The van der Waals surface area contributed by atoms with Crippen LogP contribution < -0.4 is 10.6 Å². The summed E-state index contributed by atoms with van der Waals surface area (Å²) in [7, 11) is 0. The van der Waals surface area contributed by atoms with Gasteiger partial charge in [0.25, 0.3) is 0 Å². The smallest absolute Gasteiger partial charge is 0.305 e. The van der Waals surface area contributed by atoms with Crippen LogP contribution in [0.3, 0.4) is 0 Å². The summed E-state index contributed by atoms with van der Waals surface area (Å²) in [5.74, 6) is -1.92. The lowest BCUT2D eigenvalue weighted by Gasteiger charge is -2.14. The van der Waals surface area contributed by atoms with Crippen molar-refractivity contribution in [2.75, 3.05) is 0 Å². The summed E-state index contributed by atoms with van der Waals surface area (Å²) in [5.41, 5.74) is 0. The van der Waals surface area contributed by atoms with E-state index in [1.54, 1.807) is 0 Å². The van der Waals surface area contributed by atoms with Gasteiger partial charge in [0.2, 0.25) is 11.8 Å². The van der Waals surface area contributed by atoms with Gasteiger partial charge in [-0.25, -0.2) is 0 Å². The minimum atomic E-state index is -1.17. The lowest BCUT2D eigenvalue weighted by atomic mass is 10.2. The largest absolute Gasteiger partial charge is 0.481 e. The molecule has 1 aliphatic rings. The molecule has 0 unspecified atom stereocenters. The van der Waals surface area contributed by atoms with Crippen molar-refractivity contribution in [2.24, 2.45) is 0 Å². The van der Waals surface area contributed by atoms with Crippen molar-refractivity contribution in [3.63, 3.8) is 0 Å². The fourth-order valence-corrected chi connectivity index (χ4v) is 1.42. The van der Waals surface area contributed by atoms with Crippen LogP contribution in [0, 0.1) is 0 Å². The predicted molar refractivity (Wildman–Crippen MR) is 51.4 cm³/mol. The lowest BCUT2D eigenvalue weighted by molar-refractivity contribution is -0.139. The molecule has 0 saturated carbocycles. The topological polar surface area (TPSA) is 113 Å². The fraction of sp³-hybridized carbons (Fsp3) is 0.556. The summed E-state index contributed by atoms with van der Waals surface area (Å²) in [6.45, 7) is 0. The van der Waals surface area contributed by atoms with Crippen LogP contribution in [0.1, 0.15) is 19.3 Å². The van der Waals surface area contributed by atoms with Crippen molar-refractivity contribution < 1.29 is 24.3 Å². The number of aliphatic carboxylic acids is 1. The van der Waals surface area contributed by atoms with E-state index in [2.05, 4.69) is 10.6 Å². The van der Waals surface area contributed by atoms with Gasteiger partial charge in [-0.3, -0.25) is 14.4 Å². The number of hydrogen-bond donors (Lipinski definition) is 3. The maximum absolute atomic E-state index is 11.5. The van der Waals surface area contributed by atoms with E-state index in [1.165, 1.54) is 0 Å². The third-order valence-electron chi connectivity index (χ3n) is 2.20. The highest BCUT2D eigenvalue weighted by molar-refractivity contribution is 5.92. The minimum Gasteiger partial charge on any atom is -0.481 e. The summed E-state index contributed by atoms with van der Waals surface area (Å²) < 4.78 is 0. The average molecular weight is 228 g/mol. The van der Waals surface area contributed by atoms with Crippen LogP contribution in [0.4, 0.5) is 0 Å². The second-order valence-electron chi connectivity index (χ2n) is 3.51. The zero-order valence-corrected chi connectivity index (χ0v) is 8.43. The molecule has 1 aliphatic heterocycles. The number of nitrogens with one attached hydrogen (secondary N) is 2. The molecule has 3 N–H and O–H groups in total. The number of amides is 2. The third-order valence-corrected chi connectivity index (χ3v) is 2.20. The standard InChI is InChI=1S/C9H12N2O5/c12-4-5(3-8(14)15)10-9(16)6-1-2-7(13)11-6/h4-6H,1-3H2,(H,10,16)(H,11,13)(H,14,15)/t5-,6-/m0/s1. The van der Waals surface area contributed by atoms with Gasteiger partial charge in [-0.1, -0.05) is 0 Å². The molecule has 1 saturated heterocycles. The Morgan fingerprint density at radius 3 is 2.75 bits per heavy atom. The van der Waals surface area contributed by atoms with Crippen molar-refractivity contribution in [2.45, 2.75) is 31.3 Å². The minimum absolute atomic E-state index is 0.221. The monoisotopic (exact) mass is 228 g/mol. The summed E-state index contributed by atoms with van der Waals surface area (Å²) in [4.78, 5) is 43.1. The first kappa shape index (κ1) is 12.2. The number of carbonyl (C=O) groups is 4. The number of carbonyl (C=O) groups excluding carboxylic acids is 3. The van der Waals surface area contributed by atoms with E-state index in [0.717, 1.165) is 0 Å². The van der Waals surface area contributed by atoms with Crippen molar-refractivity contribution in [1.29, 1.82) is 0 Å². The molecular weight excluding hydrogens is 216 g/mol. The molecule has 7 heteroatoms. The highest BCUT2D eigenvalue weighted by Gasteiger charge is 2.28. The molecule has 1 fully saturated rings. The number of rotatable bonds is 5. The van der Waals surface area contributed by atoms with Gasteiger partial charge in [0.05, 0.1) is 12.5 Å². The first-order valence-electron chi connectivity index (χ1n) is 4.79. The van der Waals surface area contributed by atoms with E-state index in [-0.39, 0.29) is 12.3 Å². The highest BCUT2D eigenvalue weighted by atomic mass is 16.4. The van der Waals surface area contributed by atoms with E-state index in [9.17, 15) is 19.2 Å². The Hall–Kier alpha value is -1.92. The van der Waals surface area contributed by atoms with Crippen LogP contribution >= 0.6 is 0 Å². The molecule has 0 spiro atoms. The predicted octanol–water partition coefficient (Wildman–Crippen LogP) is -1.58. The van der Waals surface area contributed by atoms with E-state index in [1.807, 2.05) is 0 Å². The van der Waals surface area contributed by atoms with E-state index in [4.69, 9.17) is 5.11 Å². The summed E-state index contributed by atoms with van der Waals surface area (Å²) in [6, 6.07) is -1.72. The van der Waals surface area contributed by atoms with Crippen LogP contribution in [0.15, 0.2) is 0 Å². The highest BCUT2D eigenvalue weighted by Crippen LogP contribution is 2.06. The Kier molecular flexibility index (Phi) is 3.98. The first-order valence-corrected chi connectivity index (χ1v) is 4.79. The molecule has 0 aliphatic carbocycles. The zero-order chi connectivity index (χ0) is 12.1. The van der Waals surface area contributed by atoms with Crippen LogP contribution in [0.5, 0.6) is 0 Å². The molecular formula is C9H12N2O5. The van der Waals surface area contributed by atoms with Gasteiger partial charge < -0.3 is 20.5 Å². The average Bonchev–Trinajstić information content (AvgIpc) is 2.63. The van der Waals surface area contributed by atoms with Crippen molar-refractivity contribution in [1.82, 2.24) is 10.6 Å². The van der Waals surface area contributed by atoms with Gasteiger partial charge in [0, 0.05) is 6.42 Å². The second kappa shape index (κ2) is 5.24. The summed E-state index contributed by atoms with van der Waals surface area (Å²) in [6.07, 6.45) is 0.533. The quantitative estimate of drug-likeness (QED) is 0.492. The van der Waals surface area contributed by atoms with Gasteiger partial charge in [0.15, 0.2) is 0 Å². The van der Waals surface area contributed by atoms with Crippen molar-refractivity contribution >= 4 is 24.1 Å². The van der Waals surface area contributed by atoms with E-state index < -0.39 is 30.4 Å².